The number of aryl methyl sites for hydroxylation is 1. The van der Waals surface area contributed by atoms with Gasteiger partial charge in [0.05, 0.1) is 4.90 Å². The van der Waals surface area contributed by atoms with Crippen molar-refractivity contribution in [1.29, 1.82) is 0 Å². The Bertz CT molecular complexity index is 920. The van der Waals surface area contributed by atoms with Crippen molar-refractivity contribution >= 4 is 15.7 Å². The number of benzene rings is 3. The summed E-state index contributed by atoms with van der Waals surface area (Å²) in [4.78, 5) is 0.273. The number of sulfonamides is 1. The number of hydrogen-bond acceptors (Lipinski definition) is 3. The van der Waals surface area contributed by atoms with Gasteiger partial charge in [-0.3, -0.25) is 4.72 Å². The average molecular weight is 339 g/mol. The monoisotopic (exact) mass is 339 g/mol. The fourth-order valence-corrected chi connectivity index (χ4v) is 3.59. The third-order valence-electron chi connectivity index (χ3n) is 3.47. The van der Waals surface area contributed by atoms with Crippen LogP contribution in [-0.4, -0.2) is 8.42 Å². The Morgan fingerprint density at radius 1 is 0.750 bits per heavy atom. The van der Waals surface area contributed by atoms with Crippen molar-refractivity contribution in [2.75, 3.05) is 4.72 Å². The number of nitrogens with one attached hydrogen (secondary N) is 1. The quantitative estimate of drug-likeness (QED) is 0.740. The van der Waals surface area contributed by atoms with E-state index >= 15 is 0 Å². The van der Waals surface area contributed by atoms with Crippen molar-refractivity contribution in [3.8, 4) is 11.5 Å². The first-order valence-electron chi connectivity index (χ1n) is 7.46. The van der Waals surface area contributed by atoms with Crippen molar-refractivity contribution in [1.82, 2.24) is 0 Å². The lowest BCUT2D eigenvalue weighted by atomic mass is 10.2. The molecule has 0 aliphatic rings. The van der Waals surface area contributed by atoms with Crippen molar-refractivity contribution in [2.24, 2.45) is 0 Å². The lowest BCUT2D eigenvalue weighted by Crippen LogP contribution is -2.14. The minimum Gasteiger partial charge on any atom is -0.457 e. The molecule has 0 aliphatic carbocycles. The molecule has 0 heterocycles. The van der Waals surface area contributed by atoms with Crippen LogP contribution in [0.4, 0.5) is 5.69 Å². The highest BCUT2D eigenvalue weighted by Crippen LogP contribution is 2.24. The summed E-state index contributed by atoms with van der Waals surface area (Å²) in [7, 11) is -3.61. The van der Waals surface area contributed by atoms with Crippen LogP contribution in [0, 0.1) is 6.92 Å². The highest BCUT2D eigenvalue weighted by molar-refractivity contribution is 7.92. The molecule has 0 aromatic heterocycles. The Morgan fingerprint density at radius 2 is 1.33 bits per heavy atom. The second-order valence-electron chi connectivity index (χ2n) is 5.31. The van der Waals surface area contributed by atoms with E-state index in [1.54, 1.807) is 49.4 Å². The molecule has 24 heavy (non-hydrogen) atoms. The molecular formula is C19H17NO3S. The lowest BCUT2D eigenvalue weighted by Gasteiger charge is -2.11. The van der Waals surface area contributed by atoms with Crippen molar-refractivity contribution in [3.63, 3.8) is 0 Å². The van der Waals surface area contributed by atoms with E-state index in [0.717, 1.165) is 5.75 Å². The smallest absolute Gasteiger partial charge is 0.262 e. The summed E-state index contributed by atoms with van der Waals surface area (Å²) in [6.45, 7) is 1.77. The number of ether oxygens (including phenoxy) is 1. The van der Waals surface area contributed by atoms with Crippen molar-refractivity contribution < 1.29 is 13.2 Å². The maximum absolute atomic E-state index is 12.5. The summed E-state index contributed by atoms with van der Waals surface area (Å²) in [5, 5.41) is 0. The van der Waals surface area contributed by atoms with Gasteiger partial charge in [0.2, 0.25) is 0 Å². The Morgan fingerprint density at radius 3 is 2.00 bits per heavy atom. The molecule has 0 fully saturated rings. The molecule has 0 atom stereocenters. The molecule has 4 nitrogen and oxygen atoms in total. The topological polar surface area (TPSA) is 55.4 Å². The molecular weight excluding hydrogens is 322 g/mol. The summed E-state index contributed by atoms with van der Waals surface area (Å²) in [6, 6.07) is 23.1. The van der Waals surface area contributed by atoms with Gasteiger partial charge in [0.15, 0.2) is 0 Å². The van der Waals surface area contributed by atoms with Gasteiger partial charge in [-0.05, 0) is 55.0 Å². The second-order valence-corrected chi connectivity index (χ2v) is 6.96. The fourth-order valence-electron chi connectivity index (χ4n) is 2.28. The number of anilines is 1. The van der Waals surface area contributed by atoms with E-state index in [4.69, 9.17) is 4.74 Å². The van der Waals surface area contributed by atoms with Gasteiger partial charge in [0.25, 0.3) is 10.0 Å². The first-order chi connectivity index (χ1) is 11.5. The van der Waals surface area contributed by atoms with E-state index in [1.807, 2.05) is 36.4 Å². The molecule has 0 aliphatic heterocycles. The van der Waals surface area contributed by atoms with E-state index < -0.39 is 10.0 Å². The van der Waals surface area contributed by atoms with Crippen LogP contribution in [0.25, 0.3) is 0 Å². The van der Waals surface area contributed by atoms with E-state index in [2.05, 4.69) is 4.72 Å². The van der Waals surface area contributed by atoms with Gasteiger partial charge < -0.3 is 4.74 Å². The Labute approximate surface area is 141 Å². The van der Waals surface area contributed by atoms with Gasteiger partial charge in [0, 0.05) is 5.69 Å². The predicted molar refractivity (Wildman–Crippen MR) is 94.9 cm³/mol. The lowest BCUT2D eigenvalue weighted by molar-refractivity contribution is 0.483. The van der Waals surface area contributed by atoms with Crippen LogP contribution < -0.4 is 9.46 Å². The molecule has 3 aromatic carbocycles. The number of para-hydroxylation sites is 1. The summed E-state index contributed by atoms with van der Waals surface area (Å²) in [5.41, 5.74) is 1.19. The zero-order valence-corrected chi connectivity index (χ0v) is 14.0. The summed E-state index contributed by atoms with van der Waals surface area (Å²) >= 11 is 0. The standard InChI is InChI=1S/C19H17NO3S/c1-15-7-5-6-10-19(15)24(21,22)20-16-11-13-18(14-12-16)23-17-8-3-2-4-9-17/h2-14,20H,1H3. The molecule has 5 heteroatoms. The molecule has 0 unspecified atom stereocenters. The Hall–Kier alpha value is -2.79. The Balaban J connectivity index is 1.76. The predicted octanol–water partition coefficient (Wildman–Crippen LogP) is 4.59. The molecule has 122 valence electrons. The van der Waals surface area contributed by atoms with Gasteiger partial charge >= 0.3 is 0 Å². The summed E-state index contributed by atoms with van der Waals surface area (Å²) in [6.07, 6.45) is 0. The first kappa shape index (κ1) is 16.1. The van der Waals surface area contributed by atoms with Crippen LogP contribution in [0.15, 0.2) is 83.8 Å². The first-order valence-corrected chi connectivity index (χ1v) is 8.94. The molecule has 0 saturated carbocycles. The third-order valence-corrected chi connectivity index (χ3v) is 5.01. The average Bonchev–Trinajstić information content (AvgIpc) is 2.58. The highest BCUT2D eigenvalue weighted by atomic mass is 32.2. The Kier molecular flexibility index (Phi) is 4.53. The van der Waals surface area contributed by atoms with Gasteiger partial charge in [0.1, 0.15) is 11.5 Å². The van der Waals surface area contributed by atoms with Crippen LogP contribution in [0.1, 0.15) is 5.56 Å². The van der Waals surface area contributed by atoms with Crippen LogP contribution in [0.3, 0.4) is 0 Å². The van der Waals surface area contributed by atoms with Crippen LogP contribution in [0.5, 0.6) is 11.5 Å². The number of rotatable bonds is 5. The van der Waals surface area contributed by atoms with Crippen LogP contribution >= 0.6 is 0 Å². The molecule has 0 radical (unpaired) electrons. The zero-order valence-electron chi connectivity index (χ0n) is 13.1. The molecule has 1 N–H and O–H groups in total. The van der Waals surface area contributed by atoms with Crippen molar-refractivity contribution in [2.45, 2.75) is 11.8 Å². The SMILES string of the molecule is Cc1ccccc1S(=O)(=O)Nc1ccc(Oc2ccccc2)cc1. The maximum Gasteiger partial charge on any atom is 0.262 e. The number of hydrogen-bond donors (Lipinski definition) is 1. The van der Waals surface area contributed by atoms with Gasteiger partial charge in [-0.1, -0.05) is 36.4 Å². The highest BCUT2D eigenvalue weighted by Gasteiger charge is 2.16. The maximum atomic E-state index is 12.5. The minimum atomic E-state index is -3.61. The van der Waals surface area contributed by atoms with Gasteiger partial charge in [-0.2, -0.15) is 0 Å². The zero-order chi connectivity index (χ0) is 17.0. The fraction of sp³-hybridized carbons (Fsp3) is 0.0526. The molecule has 3 aromatic rings. The van der Waals surface area contributed by atoms with E-state index in [1.165, 1.54) is 0 Å². The van der Waals surface area contributed by atoms with Gasteiger partial charge in [-0.15, -0.1) is 0 Å². The molecule has 0 spiro atoms. The van der Waals surface area contributed by atoms with E-state index in [-0.39, 0.29) is 4.90 Å². The minimum absolute atomic E-state index is 0.273. The molecule has 0 saturated heterocycles. The molecule has 0 amide bonds. The van der Waals surface area contributed by atoms with E-state index in [0.29, 0.717) is 17.0 Å². The van der Waals surface area contributed by atoms with E-state index in [9.17, 15) is 8.42 Å². The normalized spacial score (nSPS) is 11.0. The van der Waals surface area contributed by atoms with Crippen LogP contribution in [0.2, 0.25) is 0 Å². The van der Waals surface area contributed by atoms with Crippen LogP contribution in [-0.2, 0) is 10.0 Å². The molecule has 3 rings (SSSR count). The second kappa shape index (κ2) is 6.76. The van der Waals surface area contributed by atoms with Gasteiger partial charge in [-0.25, -0.2) is 8.42 Å². The largest absolute Gasteiger partial charge is 0.457 e. The summed E-state index contributed by atoms with van der Waals surface area (Å²) in [5.74, 6) is 1.37. The van der Waals surface area contributed by atoms with Crippen molar-refractivity contribution in [3.05, 3.63) is 84.4 Å². The third kappa shape index (κ3) is 3.75. The molecule has 0 bridgehead atoms. The summed E-state index contributed by atoms with van der Waals surface area (Å²) < 4.78 is 33.2.